The number of aryl methyl sites for hydroxylation is 1. The van der Waals surface area contributed by atoms with Crippen LogP contribution >= 0.6 is 11.3 Å². The van der Waals surface area contributed by atoms with E-state index in [2.05, 4.69) is 4.72 Å². The molecule has 4 atom stereocenters. The average Bonchev–Trinajstić information content (AvgIpc) is 3.03. The topological polar surface area (TPSA) is 66.4 Å². The molecule has 1 heterocycles. The lowest BCUT2D eigenvalue weighted by atomic mass is 9.86. The van der Waals surface area contributed by atoms with Crippen LogP contribution in [0.25, 0.3) is 0 Å². The van der Waals surface area contributed by atoms with E-state index in [1.807, 2.05) is 13.0 Å². The molecule has 2 bridgehead atoms. The van der Waals surface area contributed by atoms with Gasteiger partial charge in [-0.1, -0.05) is 0 Å². The fraction of sp³-hybridized carbons (Fsp3) is 0.692. The molecule has 0 saturated heterocycles. The van der Waals surface area contributed by atoms with Crippen LogP contribution in [0.1, 0.15) is 24.1 Å². The first-order valence-electron chi connectivity index (χ1n) is 6.71. The van der Waals surface area contributed by atoms with Crippen molar-refractivity contribution in [2.24, 2.45) is 17.8 Å². The Morgan fingerprint density at radius 3 is 2.74 bits per heavy atom. The third-order valence-electron chi connectivity index (χ3n) is 4.57. The Hall–Kier alpha value is -0.430. The lowest BCUT2D eigenvalue weighted by molar-refractivity contribution is 0.153. The zero-order valence-corrected chi connectivity index (χ0v) is 12.5. The van der Waals surface area contributed by atoms with E-state index in [1.54, 1.807) is 6.07 Å². The second-order valence-corrected chi connectivity index (χ2v) is 8.92. The molecular formula is C13H19NO3S2. The minimum atomic E-state index is -3.43. The summed E-state index contributed by atoms with van der Waals surface area (Å²) in [6.07, 6.45) is 3.27. The Bertz CT molecular complexity index is 566. The van der Waals surface area contributed by atoms with Gasteiger partial charge in [0.1, 0.15) is 4.21 Å². The van der Waals surface area contributed by atoms with Crippen molar-refractivity contribution >= 4 is 21.4 Å². The molecule has 1 aromatic heterocycles. The smallest absolute Gasteiger partial charge is 0.250 e. The van der Waals surface area contributed by atoms with Crippen molar-refractivity contribution in [1.82, 2.24) is 4.72 Å². The van der Waals surface area contributed by atoms with Gasteiger partial charge in [-0.05, 0) is 50.2 Å². The summed E-state index contributed by atoms with van der Waals surface area (Å²) in [6, 6.07) is 3.39. The standard InChI is InChI=1S/C13H19NO3S2/c1-8-2-5-12(18-8)19(16,17)14-13-10-4-3-9(6-10)11(13)7-15/h2,5,9-11,13-15H,3-4,6-7H2,1H3/t9-,10-,11+,13-/m0/s1. The van der Waals surface area contributed by atoms with Crippen LogP contribution in [0.2, 0.25) is 0 Å². The fourth-order valence-corrected chi connectivity index (χ4v) is 6.31. The van der Waals surface area contributed by atoms with Crippen LogP contribution in [0.4, 0.5) is 0 Å². The van der Waals surface area contributed by atoms with Crippen molar-refractivity contribution in [2.45, 2.75) is 36.4 Å². The molecule has 106 valence electrons. The highest BCUT2D eigenvalue weighted by Gasteiger charge is 2.48. The average molecular weight is 301 g/mol. The second kappa shape index (κ2) is 4.84. The summed E-state index contributed by atoms with van der Waals surface area (Å²) in [5, 5.41) is 9.50. The van der Waals surface area contributed by atoms with E-state index in [1.165, 1.54) is 11.3 Å². The number of thiophene rings is 1. The van der Waals surface area contributed by atoms with Gasteiger partial charge in [-0.2, -0.15) is 0 Å². The number of hydrogen-bond acceptors (Lipinski definition) is 4. The van der Waals surface area contributed by atoms with E-state index in [0.29, 0.717) is 16.0 Å². The molecular weight excluding hydrogens is 282 g/mol. The molecule has 2 aliphatic rings. The van der Waals surface area contributed by atoms with Crippen molar-refractivity contribution < 1.29 is 13.5 Å². The van der Waals surface area contributed by atoms with Gasteiger partial charge in [-0.3, -0.25) is 0 Å². The summed E-state index contributed by atoms with van der Waals surface area (Å²) >= 11 is 1.29. The first-order chi connectivity index (χ1) is 9.01. The van der Waals surface area contributed by atoms with Gasteiger partial charge < -0.3 is 5.11 Å². The predicted octanol–water partition coefficient (Wildman–Crippen LogP) is 1.74. The molecule has 0 aromatic carbocycles. The third kappa shape index (κ3) is 2.35. The van der Waals surface area contributed by atoms with Crippen molar-refractivity contribution in [1.29, 1.82) is 0 Å². The molecule has 2 N–H and O–H groups in total. The van der Waals surface area contributed by atoms with Crippen molar-refractivity contribution in [3.63, 3.8) is 0 Å². The quantitative estimate of drug-likeness (QED) is 0.890. The number of fused-ring (bicyclic) bond motifs is 2. The Morgan fingerprint density at radius 2 is 2.11 bits per heavy atom. The summed E-state index contributed by atoms with van der Waals surface area (Å²) in [4.78, 5) is 0.993. The second-order valence-electron chi connectivity index (χ2n) is 5.69. The number of aliphatic hydroxyl groups is 1. The maximum absolute atomic E-state index is 12.4. The normalized spacial score (nSPS) is 34.0. The van der Waals surface area contributed by atoms with E-state index < -0.39 is 10.0 Å². The van der Waals surface area contributed by atoms with E-state index in [9.17, 15) is 13.5 Å². The van der Waals surface area contributed by atoms with Crippen molar-refractivity contribution in [3.05, 3.63) is 17.0 Å². The van der Waals surface area contributed by atoms with Gasteiger partial charge in [0.15, 0.2) is 0 Å². The molecule has 19 heavy (non-hydrogen) atoms. The molecule has 3 rings (SSSR count). The number of aliphatic hydroxyl groups excluding tert-OH is 1. The lowest BCUT2D eigenvalue weighted by Gasteiger charge is -2.29. The van der Waals surface area contributed by atoms with Crippen molar-refractivity contribution in [3.8, 4) is 0 Å². The molecule has 0 unspecified atom stereocenters. The van der Waals surface area contributed by atoms with Crippen molar-refractivity contribution in [2.75, 3.05) is 6.61 Å². The Kier molecular flexibility index (Phi) is 3.45. The van der Waals surface area contributed by atoms with E-state index in [0.717, 1.165) is 24.1 Å². The van der Waals surface area contributed by atoms with Crippen LogP contribution in [0.5, 0.6) is 0 Å². The lowest BCUT2D eigenvalue weighted by Crippen LogP contribution is -2.44. The van der Waals surface area contributed by atoms with Gasteiger partial charge in [0.05, 0.1) is 0 Å². The van der Waals surface area contributed by atoms with Crippen LogP contribution in [0.15, 0.2) is 16.3 Å². The molecule has 2 aliphatic carbocycles. The van der Waals surface area contributed by atoms with Gasteiger partial charge in [0, 0.05) is 23.4 Å². The first-order valence-corrected chi connectivity index (χ1v) is 9.01. The Balaban J connectivity index is 1.81. The number of sulfonamides is 1. The highest BCUT2D eigenvalue weighted by Crippen LogP contribution is 2.48. The molecule has 2 fully saturated rings. The largest absolute Gasteiger partial charge is 0.396 e. The van der Waals surface area contributed by atoms with E-state index >= 15 is 0 Å². The highest BCUT2D eigenvalue weighted by molar-refractivity contribution is 7.91. The summed E-state index contributed by atoms with van der Waals surface area (Å²) in [7, 11) is -3.43. The minimum absolute atomic E-state index is 0.0812. The number of rotatable bonds is 4. The van der Waals surface area contributed by atoms with Crippen LogP contribution in [-0.2, 0) is 10.0 Å². The van der Waals surface area contributed by atoms with E-state index in [-0.39, 0.29) is 18.6 Å². The summed E-state index contributed by atoms with van der Waals surface area (Å²) < 4.78 is 27.9. The monoisotopic (exact) mass is 301 g/mol. The maximum atomic E-state index is 12.4. The predicted molar refractivity (Wildman–Crippen MR) is 74.6 cm³/mol. The van der Waals surface area contributed by atoms with E-state index in [4.69, 9.17) is 0 Å². The number of hydrogen-bond donors (Lipinski definition) is 2. The summed E-state index contributed by atoms with van der Waals surface area (Å²) in [5.74, 6) is 0.986. The Labute approximate surface area is 117 Å². The summed E-state index contributed by atoms with van der Waals surface area (Å²) in [5.41, 5.74) is 0. The van der Waals surface area contributed by atoms with Gasteiger partial charge in [-0.15, -0.1) is 11.3 Å². The molecule has 4 nitrogen and oxygen atoms in total. The zero-order valence-electron chi connectivity index (χ0n) is 10.9. The van der Waals surface area contributed by atoms with Crippen LogP contribution < -0.4 is 4.72 Å². The van der Waals surface area contributed by atoms with Crippen LogP contribution in [-0.4, -0.2) is 26.2 Å². The number of nitrogens with one attached hydrogen (secondary N) is 1. The van der Waals surface area contributed by atoms with Crippen LogP contribution in [0.3, 0.4) is 0 Å². The molecule has 6 heteroatoms. The molecule has 0 spiro atoms. The van der Waals surface area contributed by atoms with Gasteiger partial charge in [0.2, 0.25) is 10.0 Å². The third-order valence-corrected chi connectivity index (χ3v) is 7.52. The fourth-order valence-electron chi connectivity index (χ4n) is 3.65. The molecule has 0 amide bonds. The van der Waals surface area contributed by atoms with Gasteiger partial charge in [0.25, 0.3) is 0 Å². The SMILES string of the molecule is Cc1ccc(S(=O)(=O)N[C@H]2[C@H]3CC[C@@H](C3)[C@H]2CO)s1. The van der Waals surface area contributed by atoms with Gasteiger partial charge >= 0.3 is 0 Å². The Morgan fingerprint density at radius 1 is 1.37 bits per heavy atom. The molecule has 1 aromatic rings. The van der Waals surface area contributed by atoms with Gasteiger partial charge in [-0.25, -0.2) is 13.1 Å². The molecule has 0 aliphatic heterocycles. The zero-order chi connectivity index (χ0) is 13.6. The highest BCUT2D eigenvalue weighted by atomic mass is 32.2. The van der Waals surface area contributed by atoms with Crippen LogP contribution in [0, 0.1) is 24.7 Å². The molecule has 0 radical (unpaired) electrons. The summed E-state index contributed by atoms with van der Waals surface area (Å²) in [6.45, 7) is 1.98. The maximum Gasteiger partial charge on any atom is 0.250 e. The molecule has 2 saturated carbocycles. The minimum Gasteiger partial charge on any atom is -0.396 e. The first kappa shape index (κ1) is 13.5.